The smallest absolute Gasteiger partial charge is 0.253 e. The molecule has 0 saturated heterocycles. The zero-order chi connectivity index (χ0) is 22.3. The molecule has 1 unspecified atom stereocenters. The van der Waals surface area contributed by atoms with Crippen LogP contribution < -0.4 is 16.0 Å². The molecule has 1 aromatic carbocycles. The first kappa shape index (κ1) is 27.0. The van der Waals surface area contributed by atoms with Crippen molar-refractivity contribution in [2.24, 2.45) is 5.92 Å². The maximum absolute atomic E-state index is 12.9. The molecule has 0 bridgehead atoms. The Morgan fingerprint density at radius 1 is 1.00 bits per heavy atom. The molecule has 1 aromatic rings. The molecule has 0 radical (unpaired) electrons. The van der Waals surface area contributed by atoms with Crippen LogP contribution in [0.5, 0.6) is 0 Å². The summed E-state index contributed by atoms with van der Waals surface area (Å²) in [7, 11) is 0. The predicted molar refractivity (Wildman–Crippen MR) is 132 cm³/mol. The Balaban J connectivity index is 3.68. The topological polar surface area (TPSA) is 177 Å². The van der Waals surface area contributed by atoms with Crippen LogP contribution in [0.3, 0.4) is 0 Å². The highest BCUT2D eigenvalue weighted by atomic mass is 127. The third kappa shape index (κ3) is 6.47. The third-order valence-corrected chi connectivity index (χ3v) is 7.14. The lowest BCUT2D eigenvalue weighted by atomic mass is 10.1. The Labute approximate surface area is 208 Å². The van der Waals surface area contributed by atoms with Gasteiger partial charge in [0.1, 0.15) is 0 Å². The van der Waals surface area contributed by atoms with Gasteiger partial charge in [0.25, 0.3) is 5.91 Å². The highest BCUT2D eigenvalue weighted by molar-refractivity contribution is 14.1. The van der Waals surface area contributed by atoms with E-state index >= 15 is 0 Å². The maximum Gasteiger partial charge on any atom is 0.253 e. The van der Waals surface area contributed by atoms with E-state index in [0.29, 0.717) is 10.7 Å². The van der Waals surface area contributed by atoms with Gasteiger partial charge in [-0.3, -0.25) is 9.59 Å². The van der Waals surface area contributed by atoms with Gasteiger partial charge in [0.05, 0.1) is 72.6 Å². The van der Waals surface area contributed by atoms with Gasteiger partial charge >= 0.3 is 0 Å². The van der Waals surface area contributed by atoms with E-state index in [9.17, 15) is 30.0 Å². The van der Waals surface area contributed by atoms with E-state index in [1.165, 1.54) is 0 Å². The third-order valence-electron chi connectivity index (χ3n) is 3.88. The molecule has 0 fully saturated rings. The molecule has 10 nitrogen and oxygen atoms in total. The number of hydrogen-bond acceptors (Lipinski definition) is 8. The fourth-order valence-electron chi connectivity index (χ4n) is 2.36. The molecule has 0 aliphatic carbocycles. The first-order valence-electron chi connectivity index (χ1n) is 8.33. The van der Waals surface area contributed by atoms with E-state index in [4.69, 9.17) is 10.8 Å². The van der Waals surface area contributed by atoms with E-state index in [1.807, 2.05) is 67.8 Å². The lowest BCUT2D eigenvalue weighted by molar-refractivity contribution is -0.125. The van der Waals surface area contributed by atoms with Gasteiger partial charge in [-0.15, -0.1) is 0 Å². The number of aliphatic hydroxyl groups is 5. The van der Waals surface area contributed by atoms with Crippen LogP contribution in [-0.2, 0) is 4.79 Å². The second-order valence-electron chi connectivity index (χ2n) is 5.91. The molecule has 164 valence electrons. The summed E-state index contributed by atoms with van der Waals surface area (Å²) in [4.78, 5) is 26.7. The van der Waals surface area contributed by atoms with Gasteiger partial charge in [-0.2, -0.15) is 0 Å². The van der Waals surface area contributed by atoms with Crippen LogP contribution >= 0.6 is 67.8 Å². The minimum atomic E-state index is -1.30. The molecule has 0 aromatic heterocycles. The fraction of sp³-hybridized carbons (Fsp3) is 0.500. The van der Waals surface area contributed by atoms with Crippen LogP contribution in [0.4, 0.5) is 11.4 Å². The van der Waals surface area contributed by atoms with Crippen molar-refractivity contribution in [3.8, 4) is 0 Å². The lowest BCUT2D eigenvalue weighted by Gasteiger charge is -2.31. The van der Waals surface area contributed by atoms with E-state index in [0.717, 1.165) is 4.90 Å². The Morgan fingerprint density at radius 2 is 1.59 bits per heavy atom. The molecule has 0 aliphatic rings. The Hall–Kier alpha value is -0.0500. The number of rotatable bonds is 10. The van der Waals surface area contributed by atoms with Crippen molar-refractivity contribution in [3.63, 3.8) is 0 Å². The SMILES string of the molecule is Nc1c(I)c(C(=O)NCCO)c(I)c(N(CC(O)CO)C(=O)C(CO)CO)c1I. The van der Waals surface area contributed by atoms with Crippen LogP contribution in [0.1, 0.15) is 10.4 Å². The van der Waals surface area contributed by atoms with Gasteiger partial charge in [0, 0.05) is 6.54 Å². The van der Waals surface area contributed by atoms with E-state index in [1.54, 1.807) is 0 Å². The fourth-order valence-corrected chi connectivity index (χ4v) is 6.60. The van der Waals surface area contributed by atoms with Crippen molar-refractivity contribution in [1.82, 2.24) is 5.32 Å². The molecule has 2 amide bonds. The number of benzene rings is 1. The van der Waals surface area contributed by atoms with Crippen molar-refractivity contribution >= 4 is 91.0 Å². The summed E-state index contributed by atoms with van der Waals surface area (Å²) in [6.07, 6.45) is -1.30. The first-order valence-corrected chi connectivity index (χ1v) is 11.6. The van der Waals surface area contributed by atoms with Gasteiger partial charge in [-0.05, 0) is 67.8 Å². The number of carbonyl (C=O) groups is 2. The van der Waals surface area contributed by atoms with E-state index in [-0.39, 0.29) is 36.6 Å². The Kier molecular flexibility index (Phi) is 11.8. The standard InChI is InChI=1S/C16H22I3N3O7/c17-10-9(15(28)21-1-2-23)11(18)14(12(19)13(10)20)22(3-8(27)6-26)16(29)7(4-24)5-25/h7-8,23-27H,1-6,20H2,(H,21,28). The summed E-state index contributed by atoms with van der Waals surface area (Å²) in [6, 6.07) is 0. The Bertz CT molecular complexity index is 747. The molecule has 0 heterocycles. The van der Waals surface area contributed by atoms with Crippen LogP contribution in [0.2, 0.25) is 0 Å². The molecular formula is C16H22I3N3O7. The molecule has 0 spiro atoms. The van der Waals surface area contributed by atoms with Crippen molar-refractivity contribution in [3.05, 3.63) is 16.3 Å². The summed E-state index contributed by atoms with van der Waals surface area (Å²) in [5.74, 6) is -2.35. The summed E-state index contributed by atoms with van der Waals surface area (Å²) < 4.78 is 1.24. The number of hydrogen-bond donors (Lipinski definition) is 7. The first-order chi connectivity index (χ1) is 13.7. The number of nitrogens with one attached hydrogen (secondary N) is 1. The average Bonchev–Trinajstić information content (AvgIpc) is 2.70. The van der Waals surface area contributed by atoms with Crippen molar-refractivity contribution in [2.75, 3.05) is 50.2 Å². The minimum Gasteiger partial charge on any atom is -0.397 e. The molecule has 8 N–H and O–H groups in total. The minimum absolute atomic E-state index is 0.0230. The van der Waals surface area contributed by atoms with Crippen molar-refractivity contribution < 1.29 is 35.1 Å². The van der Waals surface area contributed by atoms with Crippen molar-refractivity contribution in [2.45, 2.75) is 6.10 Å². The van der Waals surface area contributed by atoms with Crippen LogP contribution in [0, 0.1) is 16.6 Å². The van der Waals surface area contributed by atoms with Gasteiger partial charge < -0.3 is 41.5 Å². The summed E-state index contributed by atoms with van der Waals surface area (Å²) in [5, 5.41) is 49.5. The number of halogens is 3. The van der Waals surface area contributed by atoms with Crippen LogP contribution in [-0.4, -0.2) is 83.0 Å². The molecular weight excluding hydrogens is 727 g/mol. The maximum atomic E-state index is 12.9. The number of nitrogens with zero attached hydrogens (tertiary/aromatic N) is 1. The quantitative estimate of drug-likeness (QED) is 0.119. The highest BCUT2D eigenvalue weighted by Crippen LogP contribution is 2.39. The molecule has 1 rings (SSSR count). The zero-order valence-electron chi connectivity index (χ0n) is 15.1. The number of carbonyl (C=O) groups excluding carboxylic acids is 2. The number of aliphatic hydroxyl groups excluding tert-OH is 5. The average molecular weight is 749 g/mol. The number of anilines is 2. The molecule has 13 heteroatoms. The van der Waals surface area contributed by atoms with E-state index in [2.05, 4.69) is 5.32 Å². The summed E-state index contributed by atoms with van der Waals surface area (Å²) >= 11 is 5.70. The van der Waals surface area contributed by atoms with Gasteiger partial charge in [-0.1, -0.05) is 0 Å². The van der Waals surface area contributed by atoms with Crippen LogP contribution in [0.15, 0.2) is 0 Å². The summed E-state index contributed by atoms with van der Waals surface area (Å²) in [5.41, 5.74) is 6.81. The van der Waals surface area contributed by atoms with Crippen LogP contribution in [0.25, 0.3) is 0 Å². The van der Waals surface area contributed by atoms with E-state index < -0.39 is 43.7 Å². The van der Waals surface area contributed by atoms with Gasteiger partial charge in [0.2, 0.25) is 5.91 Å². The van der Waals surface area contributed by atoms with Gasteiger partial charge in [-0.25, -0.2) is 0 Å². The predicted octanol–water partition coefficient (Wildman–Crippen LogP) is -0.908. The summed E-state index contributed by atoms with van der Waals surface area (Å²) in [6.45, 7) is -2.45. The lowest BCUT2D eigenvalue weighted by Crippen LogP contribution is -2.45. The van der Waals surface area contributed by atoms with Crippen molar-refractivity contribution in [1.29, 1.82) is 0 Å². The highest BCUT2D eigenvalue weighted by Gasteiger charge is 2.32. The number of nitrogen functional groups attached to an aromatic ring is 1. The Morgan fingerprint density at radius 3 is 2.07 bits per heavy atom. The monoisotopic (exact) mass is 749 g/mol. The normalized spacial score (nSPS) is 12.2. The zero-order valence-corrected chi connectivity index (χ0v) is 21.6. The number of amides is 2. The number of nitrogens with two attached hydrogens (primary N) is 1. The second kappa shape index (κ2) is 12.7. The second-order valence-corrected chi connectivity index (χ2v) is 9.14. The molecule has 29 heavy (non-hydrogen) atoms. The molecule has 0 saturated carbocycles. The molecule has 0 aliphatic heterocycles. The largest absolute Gasteiger partial charge is 0.397 e. The molecule has 1 atom stereocenters. The van der Waals surface area contributed by atoms with Gasteiger partial charge in [0.15, 0.2) is 0 Å².